The number of likely N-dealkylation sites (N-methyl/N-ethyl adjacent to an activating group) is 2. The summed E-state index contributed by atoms with van der Waals surface area (Å²) in [6.07, 6.45) is 1.97. The zero-order valence-electron chi connectivity index (χ0n) is 25.6. The summed E-state index contributed by atoms with van der Waals surface area (Å²) in [5, 5.41) is 10.8. The van der Waals surface area contributed by atoms with Gasteiger partial charge in [0.15, 0.2) is 0 Å². The van der Waals surface area contributed by atoms with Crippen LogP contribution in [0.4, 0.5) is 11.4 Å². The number of hydrogen-bond donors (Lipinski definition) is 1. The van der Waals surface area contributed by atoms with Crippen molar-refractivity contribution in [3.63, 3.8) is 0 Å². The minimum absolute atomic E-state index is 0.0488. The first-order valence-electron chi connectivity index (χ1n) is 14.6. The van der Waals surface area contributed by atoms with Crippen molar-refractivity contribution in [3.8, 4) is 23.0 Å². The quantitative estimate of drug-likeness (QED) is 0.161. The maximum atomic E-state index is 10.8. The molecule has 42 heavy (non-hydrogen) atoms. The number of rotatable bonds is 13. The fourth-order valence-corrected chi connectivity index (χ4v) is 4.78. The van der Waals surface area contributed by atoms with Crippen molar-refractivity contribution >= 4 is 11.4 Å². The summed E-state index contributed by atoms with van der Waals surface area (Å²) in [5.41, 5.74) is 6.36. The molecule has 0 radical (unpaired) electrons. The van der Waals surface area contributed by atoms with Gasteiger partial charge in [0.25, 0.3) is 0 Å². The molecule has 0 aromatic heterocycles. The topological polar surface area (TPSA) is 119 Å². The van der Waals surface area contributed by atoms with Crippen molar-refractivity contribution < 1.29 is 23.9 Å². The van der Waals surface area contributed by atoms with E-state index in [0.717, 1.165) is 90.6 Å². The van der Waals surface area contributed by atoms with Crippen LogP contribution in [0.15, 0.2) is 36.4 Å². The predicted octanol–water partition coefficient (Wildman–Crippen LogP) is 2.91. The number of methoxy groups -OCH3 is 2. The monoisotopic (exact) mass is 588 g/mol. The van der Waals surface area contributed by atoms with E-state index in [-0.39, 0.29) is 11.4 Å². The van der Waals surface area contributed by atoms with Gasteiger partial charge in [-0.1, -0.05) is 0 Å². The highest BCUT2D eigenvalue weighted by atomic mass is 16.6. The largest absolute Gasteiger partial charge is 0.494 e. The van der Waals surface area contributed by atoms with E-state index >= 15 is 0 Å². The Morgan fingerprint density at radius 1 is 0.738 bits per heavy atom. The molecule has 0 amide bonds. The van der Waals surface area contributed by atoms with E-state index in [1.54, 1.807) is 19.2 Å². The predicted molar refractivity (Wildman–Crippen MR) is 165 cm³/mol. The number of anilines is 1. The summed E-state index contributed by atoms with van der Waals surface area (Å²) in [5.74, 6) is 2.30. The fourth-order valence-electron chi connectivity index (χ4n) is 4.78. The summed E-state index contributed by atoms with van der Waals surface area (Å²) < 4.78 is 21.6. The van der Waals surface area contributed by atoms with Gasteiger partial charge in [-0.05, 0) is 45.1 Å². The number of benzene rings is 2. The second-order valence-electron chi connectivity index (χ2n) is 10.7. The van der Waals surface area contributed by atoms with Crippen LogP contribution in [0.5, 0.6) is 23.0 Å². The van der Waals surface area contributed by atoms with Crippen molar-refractivity contribution in [1.29, 1.82) is 0 Å². The molecule has 0 aliphatic carbocycles. The van der Waals surface area contributed by atoms with Gasteiger partial charge in [0.2, 0.25) is 5.75 Å². The van der Waals surface area contributed by atoms with Crippen LogP contribution in [-0.4, -0.2) is 131 Å². The molecule has 12 heteroatoms. The zero-order chi connectivity index (χ0) is 30.3. The average molecular weight is 589 g/mol. The number of ether oxygens (including phenoxy) is 4. The molecule has 2 aromatic rings. The molecule has 0 unspecified atom stereocenters. The molecule has 0 atom stereocenters. The molecule has 2 aromatic carbocycles. The van der Waals surface area contributed by atoms with Crippen molar-refractivity contribution in [2.45, 2.75) is 12.8 Å². The number of piperazine rings is 2. The number of nitro groups is 1. The Hall–Kier alpha value is -3.32. The lowest BCUT2D eigenvalue weighted by Crippen LogP contribution is -2.44. The Kier molecular flexibility index (Phi) is 13.9. The molecule has 234 valence electrons. The van der Waals surface area contributed by atoms with E-state index in [2.05, 4.69) is 33.7 Å². The zero-order valence-corrected chi connectivity index (χ0v) is 25.6. The van der Waals surface area contributed by atoms with Gasteiger partial charge in [0.1, 0.15) is 17.2 Å². The third-order valence-electron chi connectivity index (χ3n) is 7.52. The van der Waals surface area contributed by atoms with Crippen LogP contribution in [0.3, 0.4) is 0 Å². The van der Waals surface area contributed by atoms with Crippen LogP contribution in [0.25, 0.3) is 0 Å². The summed E-state index contributed by atoms with van der Waals surface area (Å²) in [6.45, 7) is 12.5. The summed E-state index contributed by atoms with van der Waals surface area (Å²) >= 11 is 0. The Morgan fingerprint density at radius 2 is 1.19 bits per heavy atom. The molecule has 2 heterocycles. The van der Waals surface area contributed by atoms with Gasteiger partial charge in [-0.2, -0.15) is 0 Å². The first-order chi connectivity index (χ1) is 20.3. The van der Waals surface area contributed by atoms with Crippen LogP contribution < -0.4 is 24.7 Å². The Balaban J connectivity index is 0.000000231. The van der Waals surface area contributed by atoms with Crippen LogP contribution in [0, 0.1) is 10.1 Å². The maximum Gasteiger partial charge on any atom is 0.311 e. The highest BCUT2D eigenvalue weighted by molar-refractivity contribution is 5.55. The first-order valence-corrected chi connectivity index (χ1v) is 14.6. The molecule has 0 saturated carbocycles. The van der Waals surface area contributed by atoms with Crippen molar-refractivity contribution in [2.24, 2.45) is 0 Å². The molecule has 2 N–H and O–H groups in total. The molecule has 4 rings (SSSR count). The third kappa shape index (κ3) is 11.2. The van der Waals surface area contributed by atoms with Gasteiger partial charge >= 0.3 is 5.69 Å². The molecule has 2 aliphatic heterocycles. The van der Waals surface area contributed by atoms with E-state index in [9.17, 15) is 10.1 Å². The highest BCUT2D eigenvalue weighted by Gasteiger charge is 2.16. The van der Waals surface area contributed by atoms with Gasteiger partial charge in [-0.15, -0.1) is 0 Å². The van der Waals surface area contributed by atoms with E-state index in [1.807, 2.05) is 18.2 Å². The minimum atomic E-state index is -0.462. The number of hydrogen-bond acceptors (Lipinski definition) is 11. The third-order valence-corrected chi connectivity index (χ3v) is 7.52. The Labute approximate surface area is 250 Å². The average Bonchev–Trinajstić information content (AvgIpc) is 3.00. The van der Waals surface area contributed by atoms with Crippen LogP contribution >= 0.6 is 0 Å². The van der Waals surface area contributed by atoms with Crippen molar-refractivity contribution in [3.05, 3.63) is 46.5 Å². The van der Waals surface area contributed by atoms with Crippen LogP contribution in [-0.2, 0) is 0 Å². The number of nitro benzene ring substituents is 1. The van der Waals surface area contributed by atoms with E-state index in [0.29, 0.717) is 23.8 Å². The fraction of sp³-hybridized carbons (Fsp3) is 0.600. The maximum absolute atomic E-state index is 10.8. The molecular formula is C30H48N6O6. The Bertz CT molecular complexity index is 1090. The van der Waals surface area contributed by atoms with Crippen molar-refractivity contribution in [2.75, 3.05) is 113 Å². The Morgan fingerprint density at radius 3 is 1.64 bits per heavy atom. The van der Waals surface area contributed by atoms with Gasteiger partial charge in [-0.3, -0.25) is 10.1 Å². The second-order valence-corrected chi connectivity index (χ2v) is 10.7. The summed E-state index contributed by atoms with van der Waals surface area (Å²) in [6, 6.07) is 10.1. The molecule has 0 bridgehead atoms. The smallest absolute Gasteiger partial charge is 0.311 e. The molecule has 2 saturated heterocycles. The lowest BCUT2D eigenvalue weighted by atomic mass is 10.2. The summed E-state index contributed by atoms with van der Waals surface area (Å²) in [4.78, 5) is 20.0. The number of nitrogen functional groups attached to an aromatic ring is 1. The second kappa shape index (κ2) is 17.6. The summed E-state index contributed by atoms with van der Waals surface area (Å²) in [7, 11) is 7.35. The highest BCUT2D eigenvalue weighted by Crippen LogP contribution is 2.31. The molecule has 2 aliphatic rings. The van der Waals surface area contributed by atoms with Crippen LogP contribution in [0.1, 0.15) is 12.8 Å². The van der Waals surface area contributed by atoms with Gasteiger partial charge < -0.3 is 44.3 Å². The minimum Gasteiger partial charge on any atom is -0.494 e. The first kappa shape index (κ1) is 33.2. The molecule has 2 fully saturated rings. The lowest BCUT2D eigenvalue weighted by molar-refractivity contribution is -0.385. The van der Waals surface area contributed by atoms with Gasteiger partial charge in [0.05, 0.1) is 38.0 Å². The normalized spacial score (nSPS) is 16.8. The molecule has 12 nitrogen and oxygen atoms in total. The van der Waals surface area contributed by atoms with E-state index < -0.39 is 4.92 Å². The number of nitrogens with zero attached hydrogens (tertiary/aromatic N) is 5. The van der Waals surface area contributed by atoms with Gasteiger partial charge in [-0.25, -0.2) is 0 Å². The van der Waals surface area contributed by atoms with Crippen molar-refractivity contribution in [1.82, 2.24) is 19.6 Å². The SMILES string of the molecule is COc1cc(OCCCN2CCN(C)CC2)ccc1N.COc1cc(OCCCN2CCN(C)CC2)ccc1[N+](=O)[O-]. The van der Waals surface area contributed by atoms with Crippen LogP contribution in [0.2, 0.25) is 0 Å². The standard InChI is InChI=1S/C15H23N3O4.C15H25N3O2/c1-16-7-9-17(10-8-16)6-3-11-22-13-4-5-14(18(19)20)15(12-13)21-2;1-17-7-9-18(10-8-17)6-3-11-20-13-4-5-14(16)15(12-13)19-2/h4-5,12H,3,6-11H2,1-2H3;4-5,12H,3,6-11,16H2,1-2H3. The van der Waals surface area contributed by atoms with E-state index in [1.165, 1.54) is 13.2 Å². The van der Waals surface area contributed by atoms with Gasteiger partial charge in [0, 0.05) is 83.6 Å². The molecule has 0 spiro atoms. The molecular weight excluding hydrogens is 540 g/mol. The van der Waals surface area contributed by atoms with E-state index in [4.69, 9.17) is 24.7 Å². The lowest BCUT2D eigenvalue weighted by Gasteiger charge is -2.32. The number of nitrogens with two attached hydrogens (primary N) is 1.